The van der Waals surface area contributed by atoms with Crippen LogP contribution in [0.3, 0.4) is 0 Å². The van der Waals surface area contributed by atoms with Gasteiger partial charge in [0, 0.05) is 6.54 Å². The van der Waals surface area contributed by atoms with E-state index in [0.29, 0.717) is 0 Å². The molecule has 0 N–H and O–H groups in total. The normalized spacial score (nSPS) is 18.3. The molecule has 204 valence electrons. The summed E-state index contributed by atoms with van der Waals surface area (Å²) in [5.41, 5.74) is 1.62. The Morgan fingerprint density at radius 3 is 1.56 bits per heavy atom. The zero-order valence-corrected chi connectivity index (χ0v) is 25.3. The van der Waals surface area contributed by atoms with Crippen molar-refractivity contribution in [3.63, 3.8) is 0 Å². The average Bonchev–Trinajstić information content (AvgIpc) is 3.37. The topological polar surface area (TPSA) is 21.7 Å². The van der Waals surface area contributed by atoms with Crippen LogP contribution in [0.25, 0.3) is 0 Å². The summed E-state index contributed by atoms with van der Waals surface area (Å²) < 4.78 is 12.4. The third kappa shape index (κ3) is 3.79. The van der Waals surface area contributed by atoms with Crippen LogP contribution in [0.1, 0.15) is 6.42 Å². The van der Waals surface area contributed by atoms with E-state index in [1.165, 1.54) is 32.2 Å². The Hall–Kier alpha value is -3.64. The van der Waals surface area contributed by atoms with E-state index in [1.54, 1.807) is 0 Å². The fourth-order valence-electron chi connectivity index (χ4n) is 7.40. The molecule has 0 aromatic heterocycles. The van der Waals surface area contributed by atoms with Crippen molar-refractivity contribution in [1.82, 2.24) is 0 Å². The molecule has 5 heteroatoms. The van der Waals surface area contributed by atoms with Crippen LogP contribution in [0.4, 0.5) is 5.69 Å². The van der Waals surface area contributed by atoms with Gasteiger partial charge in [-0.25, -0.2) is 0 Å². The first kappa shape index (κ1) is 26.3. The van der Waals surface area contributed by atoms with Gasteiger partial charge >= 0.3 is 0 Å². The minimum atomic E-state index is -2.22. The lowest BCUT2D eigenvalue weighted by atomic mass is 10.3. The van der Waals surface area contributed by atoms with E-state index >= 15 is 0 Å². The molecule has 2 aliphatic heterocycles. The minimum Gasteiger partial charge on any atom is -0.493 e. The van der Waals surface area contributed by atoms with Crippen LogP contribution in [0.5, 0.6) is 11.5 Å². The van der Waals surface area contributed by atoms with Crippen LogP contribution in [0.15, 0.2) is 133 Å². The van der Waals surface area contributed by atoms with Crippen LogP contribution in [-0.4, -0.2) is 32.5 Å². The van der Waals surface area contributed by atoms with Gasteiger partial charge in [-0.05, 0) is 67.1 Å². The molecule has 0 saturated carbocycles. The molecule has 0 aliphatic carbocycles. The van der Waals surface area contributed by atoms with Crippen LogP contribution in [0, 0.1) is 0 Å². The molecule has 1 saturated heterocycles. The summed E-state index contributed by atoms with van der Waals surface area (Å²) >= 11 is 0. The van der Waals surface area contributed by atoms with Crippen molar-refractivity contribution < 1.29 is 9.47 Å². The van der Waals surface area contributed by atoms with Gasteiger partial charge in [0.25, 0.3) is 5.52 Å². The van der Waals surface area contributed by atoms with E-state index < -0.39 is 14.5 Å². The van der Waals surface area contributed by atoms with Gasteiger partial charge < -0.3 is 14.4 Å². The number of anilines is 1. The van der Waals surface area contributed by atoms with Crippen LogP contribution in [0.2, 0.25) is 0 Å². The zero-order chi connectivity index (χ0) is 27.9. The predicted molar refractivity (Wildman–Crippen MR) is 178 cm³/mol. The van der Waals surface area contributed by atoms with Gasteiger partial charge in [0.1, 0.15) is 26.5 Å². The van der Waals surface area contributed by atoms with E-state index in [-0.39, 0.29) is 5.52 Å². The summed E-state index contributed by atoms with van der Waals surface area (Å²) in [5, 5.41) is 7.03. The maximum Gasteiger partial charge on any atom is 0.264 e. The first-order chi connectivity index (χ1) is 20.3. The Balaban J connectivity index is 1.68. The second kappa shape index (κ2) is 10.6. The van der Waals surface area contributed by atoms with Gasteiger partial charge in [-0.2, -0.15) is 0 Å². The molecule has 7 rings (SSSR count). The maximum absolute atomic E-state index is 6.20. The van der Waals surface area contributed by atoms with Crippen molar-refractivity contribution in [2.75, 3.05) is 31.8 Å². The van der Waals surface area contributed by atoms with Crippen molar-refractivity contribution >= 4 is 46.7 Å². The molecule has 2 heterocycles. The summed E-state index contributed by atoms with van der Waals surface area (Å²) in [6.07, 6.45) is 2.21. The van der Waals surface area contributed by atoms with Crippen molar-refractivity contribution in [1.29, 1.82) is 0 Å². The zero-order valence-electron chi connectivity index (χ0n) is 23.6. The molecule has 5 aromatic carbocycles. The molecule has 0 spiro atoms. The van der Waals surface area contributed by atoms with Gasteiger partial charge in [-0.3, -0.25) is 0 Å². The number of ether oxygens (including phenoxy) is 2. The van der Waals surface area contributed by atoms with Crippen LogP contribution >= 0.6 is 14.5 Å². The molecule has 0 amide bonds. The molecule has 0 bridgehead atoms. The van der Waals surface area contributed by atoms with E-state index in [1.807, 2.05) is 14.2 Å². The highest BCUT2D eigenvalue weighted by Crippen LogP contribution is 2.83. The molecule has 5 aromatic rings. The third-order valence-corrected chi connectivity index (χ3v) is 20.0. The lowest BCUT2D eigenvalue weighted by molar-refractivity contribution is 0.417. The van der Waals surface area contributed by atoms with E-state index in [9.17, 15) is 0 Å². The summed E-state index contributed by atoms with van der Waals surface area (Å²) in [4.78, 5) is 2.79. The summed E-state index contributed by atoms with van der Waals surface area (Å²) in [6, 6.07) is 49.5. The molecular formula is C36H35NO2P2+2. The van der Waals surface area contributed by atoms with E-state index in [0.717, 1.165) is 30.6 Å². The number of para-hydroxylation sites is 3. The van der Waals surface area contributed by atoms with Crippen molar-refractivity contribution in [3.05, 3.63) is 133 Å². The van der Waals surface area contributed by atoms with Crippen LogP contribution < -0.4 is 40.9 Å². The third-order valence-electron chi connectivity index (χ3n) is 8.86. The van der Waals surface area contributed by atoms with Gasteiger partial charge in [0.2, 0.25) is 0 Å². The summed E-state index contributed by atoms with van der Waals surface area (Å²) in [7, 11) is -0.801. The second-order valence-corrected chi connectivity index (χ2v) is 18.2. The molecule has 1 atom stereocenters. The molecular weight excluding hydrogens is 540 g/mol. The van der Waals surface area contributed by atoms with Crippen molar-refractivity contribution in [2.24, 2.45) is 0 Å². The molecule has 1 fully saturated rings. The number of hydrogen-bond acceptors (Lipinski definition) is 3. The molecule has 2 aliphatic rings. The van der Waals surface area contributed by atoms with Gasteiger partial charge in [-0.1, -0.05) is 72.8 Å². The van der Waals surface area contributed by atoms with E-state index in [2.05, 4.69) is 138 Å². The number of nitrogens with zero attached hydrogens (tertiary/aromatic N) is 1. The smallest absolute Gasteiger partial charge is 0.264 e. The highest BCUT2D eigenvalue weighted by molar-refractivity contribution is 8.09. The summed E-state index contributed by atoms with van der Waals surface area (Å²) in [5.74, 6) is 1.95. The monoisotopic (exact) mass is 575 g/mol. The van der Waals surface area contributed by atoms with Crippen molar-refractivity contribution in [3.8, 4) is 11.5 Å². The van der Waals surface area contributed by atoms with Crippen molar-refractivity contribution in [2.45, 2.75) is 11.9 Å². The highest BCUT2D eigenvalue weighted by Gasteiger charge is 2.76. The fraction of sp³-hybridized carbons (Fsp3) is 0.167. The first-order valence-electron chi connectivity index (χ1n) is 14.3. The fourth-order valence-corrected chi connectivity index (χ4v) is 21.1. The van der Waals surface area contributed by atoms with E-state index in [4.69, 9.17) is 9.47 Å². The second-order valence-electron chi connectivity index (χ2n) is 10.7. The molecule has 41 heavy (non-hydrogen) atoms. The Labute approximate surface area is 244 Å². The van der Waals surface area contributed by atoms with Crippen LogP contribution in [-0.2, 0) is 0 Å². The van der Waals surface area contributed by atoms with Gasteiger partial charge in [0.15, 0.2) is 26.0 Å². The number of hydrogen-bond donors (Lipinski definition) is 0. The lowest BCUT2D eigenvalue weighted by Crippen LogP contribution is -2.51. The maximum atomic E-state index is 6.20. The highest BCUT2D eigenvalue weighted by atomic mass is 31.2. The molecule has 0 radical (unpaired) electrons. The summed E-state index contributed by atoms with van der Waals surface area (Å²) in [6.45, 7) is 1.04. The number of methoxy groups -OCH3 is 2. The SMILES string of the molecule is COc1ccccc1[P+]1(c2ccccc2OC)CCCN2c3ccccc3[P+](c3ccccc3)(c3ccccc3)[C@@H]21. The minimum absolute atomic E-state index is 0.235. The van der Waals surface area contributed by atoms with Gasteiger partial charge in [0.05, 0.1) is 26.1 Å². The number of fused-ring (bicyclic) bond motifs is 3. The Morgan fingerprint density at radius 1 is 0.561 bits per heavy atom. The quantitative estimate of drug-likeness (QED) is 0.226. The number of benzene rings is 5. The first-order valence-corrected chi connectivity index (χ1v) is 18.2. The Kier molecular flexibility index (Phi) is 6.82. The van der Waals surface area contributed by atoms with Gasteiger partial charge in [-0.15, -0.1) is 0 Å². The lowest BCUT2D eigenvalue weighted by Gasteiger charge is -2.44. The largest absolute Gasteiger partial charge is 0.493 e. The molecule has 0 unspecified atom stereocenters. The number of rotatable bonds is 6. The Morgan fingerprint density at radius 2 is 1.02 bits per heavy atom. The molecule has 3 nitrogen and oxygen atoms in total. The average molecular weight is 576 g/mol. The Bertz CT molecular complexity index is 1590. The standard InChI is InChI=1S/C36H35NO2P2/c1-38-31-21-10-13-24-34(31)40(35-25-14-11-22-32(35)39-2)27-15-26-37-30-20-9-12-23-33(30)41(36(37)40,28-16-5-3-6-17-28)29-18-7-4-8-19-29/h3-14,16-25,36H,15,26-27H2,1-2H3/q+2/t36-/m0/s1. The predicted octanol–water partition coefficient (Wildman–Crippen LogP) is 6.17.